The summed E-state index contributed by atoms with van der Waals surface area (Å²) in [5.41, 5.74) is 0.774. The number of ether oxygens (including phenoxy) is 3. The largest absolute Gasteiger partial charge is 0.497 e. The summed E-state index contributed by atoms with van der Waals surface area (Å²) in [7, 11) is 1.62. The molecule has 2 aromatic carbocycles. The van der Waals surface area contributed by atoms with Gasteiger partial charge < -0.3 is 19.4 Å². The van der Waals surface area contributed by atoms with Crippen LogP contribution in [0.25, 0.3) is 0 Å². The molecule has 22 heavy (non-hydrogen) atoms. The summed E-state index contributed by atoms with van der Waals surface area (Å²) in [5.74, 6) is 2.26. The van der Waals surface area contributed by atoms with E-state index < -0.39 is 0 Å². The fourth-order valence-electron chi connectivity index (χ4n) is 1.76. The van der Waals surface area contributed by atoms with Crippen molar-refractivity contribution in [2.75, 3.05) is 20.3 Å². The van der Waals surface area contributed by atoms with Gasteiger partial charge in [-0.1, -0.05) is 5.16 Å². The smallest absolute Gasteiger partial charge is 0.133 e. The molecule has 0 aliphatic heterocycles. The molecular formula is C16H16BrNO4. The van der Waals surface area contributed by atoms with Crippen molar-refractivity contribution in [2.45, 2.75) is 0 Å². The second-order valence-electron chi connectivity index (χ2n) is 4.31. The monoisotopic (exact) mass is 365 g/mol. The maximum atomic E-state index is 8.49. The molecule has 0 heterocycles. The van der Waals surface area contributed by atoms with Crippen LogP contribution in [-0.2, 0) is 0 Å². The Morgan fingerprint density at radius 2 is 1.73 bits per heavy atom. The molecule has 0 aliphatic rings. The van der Waals surface area contributed by atoms with Crippen LogP contribution in [0.1, 0.15) is 5.56 Å². The van der Waals surface area contributed by atoms with E-state index in [0.717, 1.165) is 21.5 Å². The van der Waals surface area contributed by atoms with Gasteiger partial charge in [0.1, 0.15) is 30.5 Å². The Bertz CT molecular complexity index is 629. The van der Waals surface area contributed by atoms with E-state index in [9.17, 15) is 0 Å². The number of halogens is 1. The highest BCUT2D eigenvalue weighted by atomic mass is 79.9. The van der Waals surface area contributed by atoms with Gasteiger partial charge in [-0.3, -0.25) is 0 Å². The Balaban J connectivity index is 1.80. The van der Waals surface area contributed by atoms with Crippen LogP contribution in [0.3, 0.4) is 0 Å². The van der Waals surface area contributed by atoms with Crippen molar-refractivity contribution in [1.82, 2.24) is 0 Å². The second-order valence-corrected chi connectivity index (χ2v) is 5.16. The molecule has 6 heteroatoms. The minimum Gasteiger partial charge on any atom is -0.497 e. The summed E-state index contributed by atoms with van der Waals surface area (Å²) in [6.45, 7) is 0.844. The summed E-state index contributed by atoms with van der Waals surface area (Å²) >= 11 is 3.41. The van der Waals surface area contributed by atoms with Crippen molar-refractivity contribution in [2.24, 2.45) is 5.16 Å². The average Bonchev–Trinajstić information content (AvgIpc) is 2.54. The van der Waals surface area contributed by atoms with Crippen LogP contribution in [0, 0.1) is 0 Å². The molecule has 0 amide bonds. The van der Waals surface area contributed by atoms with Gasteiger partial charge in [-0.25, -0.2) is 0 Å². The van der Waals surface area contributed by atoms with Gasteiger partial charge in [0.2, 0.25) is 0 Å². The molecular weight excluding hydrogens is 350 g/mol. The lowest BCUT2D eigenvalue weighted by atomic mass is 10.2. The molecule has 0 saturated carbocycles. The molecule has 1 N–H and O–H groups in total. The zero-order valence-electron chi connectivity index (χ0n) is 12.0. The molecule has 0 fully saturated rings. The van der Waals surface area contributed by atoms with Crippen molar-refractivity contribution in [3.63, 3.8) is 0 Å². The minimum absolute atomic E-state index is 0.415. The highest BCUT2D eigenvalue weighted by molar-refractivity contribution is 9.10. The lowest BCUT2D eigenvalue weighted by Gasteiger charge is -2.10. The van der Waals surface area contributed by atoms with Gasteiger partial charge >= 0.3 is 0 Å². The number of hydrogen-bond acceptors (Lipinski definition) is 5. The SMILES string of the molecule is COc1ccc(OCCOc2ccc(C=NO)cc2Br)cc1. The minimum atomic E-state index is 0.415. The third-order valence-corrected chi connectivity index (χ3v) is 3.45. The van der Waals surface area contributed by atoms with Crippen molar-refractivity contribution >= 4 is 22.1 Å². The van der Waals surface area contributed by atoms with E-state index in [1.807, 2.05) is 24.3 Å². The quantitative estimate of drug-likeness (QED) is 0.351. The van der Waals surface area contributed by atoms with E-state index in [4.69, 9.17) is 19.4 Å². The normalized spacial score (nSPS) is 10.6. The Hall–Kier alpha value is -2.21. The summed E-state index contributed by atoms with van der Waals surface area (Å²) in [6.07, 6.45) is 1.35. The van der Waals surface area contributed by atoms with Crippen LogP contribution in [0.5, 0.6) is 17.2 Å². The first-order chi connectivity index (χ1) is 10.7. The van der Waals surface area contributed by atoms with Crippen LogP contribution >= 0.6 is 15.9 Å². The van der Waals surface area contributed by atoms with E-state index >= 15 is 0 Å². The van der Waals surface area contributed by atoms with E-state index in [1.54, 1.807) is 25.3 Å². The molecule has 0 bridgehead atoms. The lowest BCUT2D eigenvalue weighted by molar-refractivity contribution is 0.216. The summed E-state index contributed by atoms with van der Waals surface area (Å²) in [5, 5.41) is 11.5. The van der Waals surface area contributed by atoms with E-state index in [2.05, 4.69) is 21.1 Å². The number of hydrogen-bond donors (Lipinski definition) is 1. The molecule has 0 aromatic heterocycles. The van der Waals surface area contributed by atoms with Crippen molar-refractivity contribution in [3.05, 3.63) is 52.5 Å². The Kier molecular flexibility index (Phi) is 6.09. The molecule has 0 atom stereocenters. The van der Waals surface area contributed by atoms with Crippen molar-refractivity contribution < 1.29 is 19.4 Å². The van der Waals surface area contributed by atoms with Crippen molar-refractivity contribution in [3.8, 4) is 17.2 Å². The van der Waals surface area contributed by atoms with Crippen LogP contribution in [-0.4, -0.2) is 31.7 Å². The van der Waals surface area contributed by atoms with Gasteiger partial charge in [0.15, 0.2) is 0 Å². The van der Waals surface area contributed by atoms with Crippen LogP contribution in [0.15, 0.2) is 52.1 Å². The number of nitrogens with zero attached hydrogens (tertiary/aromatic N) is 1. The number of benzene rings is 2. The Morgan fingerprint density at radius 1 is 1.05 bits per heavy atom. The molecule has 116 valence electrons. The van der Waals surface area contributed by atoms with E-state index in [-0.39, 0.29) is 0 Å². The number of methoxy groups -OCH3 is 1. The molecule has 0 spiro atoms. The van der Waals surface area contributed by atoms with Gasteiger partial charge in [0, 0.05) is 0 Å². The molecule has 0 radical (unpaired) electrons. The highest BCUT2D eigenvalue weighted by Gasteiger charge is 2.02. The third kappa shape index (κ3) is 4.66. The van der Waals surface area contributed by atoms with Gasteiger partial charge in [-0.15, -0.1) is 0 Å². The first kappa shape index (κ1) is 16.2. The highest BCUT2D eigenvalue weighted by Crippen LogP contribution is 2.25. The predicted octanol–water partition coefficient (Wildman–Crippen LogP) is 3.72. The fraction of sp³-hybridized carbons (Fsp3) is 0.188. The average molecular weight is 366 g/mol. The van der Waals surface area contributed by atoms with Crippen molar-refractivity contribution in [1.29, 1.82) is 0 Å². The molecule has 0 unspecified atom stereocenters. The van der Waals surface area contributed by atoms with E-state index in [1.165, 1.54) is 6.21 Å². The zero-order valence-corrected chi connectivity index (χ0v) is 13.6. The standard InChI is InChI=1S/C16H16BrNO4/c1-20-13-3-5-14(6-4-13)21-8-9-22-16-7-2-12(11-18-19)10-15(16)17/h2-7,10-11,19H,8-9H2,1H3. The van der Waals surface area contributed by atoms with Gasteiger partial charge in [0.05, 0.1) is 17.8 Å². The Labute approximate surface area is 137 Å². The molecule has 0 aliphatic carbocycles. The van der Waals surface area contributed by atoms with Crippen LogP contribution in [0.2, 0.25) is 0 Å². The summed E-state index contributed by atoms with van der Waals surface area (Å²) < 4.78 is 17.1. The van der Waals surface area contributed by atoms with Crippen LogP contribution < -0.4 is 14.2 Å². The second kappa shape index (κ2) is 8.29. The van der Waals surface area contributed by atoms with Gasteiger partial charge in [-0.2, -0.15) is 0 Å². The molecule has 2 aromatic rings. The summed E-state index contributed by atoms with van der Waals surface area (Å²) in [6, 6.07) is 12.8. The predicted molar refractivity (Wildman–Crippen MR) is 87.5 cm³/mol. The van der Waals surface area contributed by atoms with Gasteiger partial charge in [0.25, 0.3) is 0 Å². The molecule has 2 rings (SSSR count). The van der Waals surface area contributed by atoms with Gasteiger partial charge in [-0.05, 0) is 64.0 Å². The maximum absolute atomic E-state index is 8.49. The summed E-state index contributed by atoms with van der Waals surface area (Å²) in [4.78, 5) is 0. The first-order valence-electron chi connectivity index (χ1n) is 6.59. The molecule has 5 nitrogen and oxygen atoms in total. The van der Waals surface area contributed by atoms with Crippen LogP contribution in [0.4, 0.5) is 0 Å². The topological polar surface area (TPSA) is 60.3 Å². The zero-order chi connectivity index (χ0) is 15.8. The third-order valence-electron chi connectivity index (χ3n) is 2.83. The number of rotatable bonds is 7. The maximum Gasteiger partial charge on any atom is 0.133 e. The first-order valence-corrected chi connectivity index (χ1v) is 7.39. The Morgan fingerprint density at radius 3 is 2.36 bits per heavy atom. The fourth-order valence-corrected chi connectivity index (χ4v) is 2.28. The van der Waals surface area contributed by atoms with E-state index in [0.29, 0.717) is 19.0 Å². The molecule has 0 saturated heterocycles. The number of oxime groups is 1. The lowest BCUT2D eigenvalue weighted by Crippen LogP contribution is -2.09.